The van der Waals surface area contributed by atoms with E-state index in [1.807, 2.05) is 0 Å². The Bertz CT molecular complexity index is 923. The van der Waals surface area contributed by atoms with Gasteiger partial charge in [0.25, 0.3) is 5.82 Å². The van der Waals surface area contributed by atoms with Gasteiger partial charge in [-0.05, 0) is 24.6 Å². The maximum absolute atomic E-state index is 12.2. The quantitative estimate of drug-likeness (QED) is 0.646. The number of carbonyl (C=O) groups is 1. The number of carbonyl (C=O) groups excluding carboxylic acids is 1. The van der Waals surface area contributed by atoms with Gasteiger partial charge in [-0.25, -0.2) is 9.31 Å². The molecule has 0 atom stereocenters. The molecule has 0 amide bonds. The van der Waals surface area contributed by atoms with Crippen LogP contribution in [0.4, 0.5) is 13.2 Å². The predicted molar refractivity (Wildman–Crippen MR) is 82.7 cm³/mol. The molecule has 0 unspecified atom stereocenters. The highest BCUT2D eigenvalue weighted by atomic mass is 19.4. The monoisotopic (exact) mass is 366 g/mol. The molecule has 2 heterocycles. The van der Waals surface area contributed by atoms with Gasteiger partial charge < -0.3 is 9.47 Å². The Hall–Kier alpha value is -3.17. The lowest BCUT2D eigenvalue weighted by Gasteiger charge is -2.09. The third kappa shape index (κ3) is 4.26. The number of halogens is 3. The normalized spacial score (nSPS) is 11.5. The van der Waals surface area contributed by atoms with Crippen molar-refractivity contribution in [1.29, 1.82) is 0 Å². The van der Waals surface area contributed by atoms with E-state index < -0.39 is 12.3 Å². The molecule has 0 N–H and O–H groups in total. The van der Waals surface area contributed by atoms with Crippen molar-refractivity contribution in [2.75, 3.05) is 6.61 Å². The second-order valence-corrected chi connectivity index (χ2v) is 5.21. The van der Waals surface area contributed by atoms with Crippen LogP contribution in [-0.2, 0) is 11.2 Å². The Labute approximate surface area is 145 Å². The van der Waals surface area contributed by atoms with Gasteiger partial charge in [0.05, 0.1) is 24.7 Å². The first-order valence-electron chi connectivity index (χ1n) is 7.57. The Morgan fingerprint density at radius 1 is 1.23 bits per heavy atom. The van der Waals surface area contributed by atoms with Crippen molar-refractivity contribution >= 4 is 11.6 Å². The first kappa shape index (κ1) is 17.6. The number of ether oxygens (including phenoxy) is 2. The van der Waals surface area contributed by atoms with Crippen molar-refractivity contribution in [1.82, 2.24) is 19.6 Å². The average Bonchev–Trinajstić information content (AvgIpc) is 2.99. The second kappa shape index (κ2) is 6.98. The highest BCUT2D eigenvalue weighted by molar-refractivity contribution is 5.85. The van der Waals surface area contributed by atoms with Gasteiger partial charge in [-0.15, -0.1) is 18.3 Å². The molecule has 0 saturated carbocycles. The molecule has 26 heavy (non-hydrogen) atoms. The molecule has 0 fully saturated rings. The first-order valence-corrected chi connectivity index (χ1v) is 7.57. The number of aromatic nitrogens is 4. The maximum atomic E-state index is 12.2. The summed E-state index contributed by atoms with van der Waals surface area (Å²) >= 11 is 0. The lowest BCUT2D eigenvalue weighted by atomic mass is 10.1. The van der Waals surface area contributed by atoms with Gasteiger partial charge in [-0.3, -0.25) is 4.98 Å². The molecule has 1 aromatic carbocycles. The fraction of sp³-hybridized carbons (Fsp3) is 0.250. The molecule has 7 nitrogen and oxygen atoms in total. The Kier molecular flexibility index (Phi) is 4.74. The van der Waals surface area contributed by atoms with Gasteiger partial charge in [0.1, 0.15) is 5.75 Å². The molecule has 0 bridgehead atoms. The summed E-state index contributed by atoms with van der Waals surface area (Å²) in [6, 6.07) is 5.49. The molecule has 0 radical (unpaired) electrons. The predicted octanol–water partition coefficient (Wildman–Crippen LogP) is 2.79. The van der Waals surface area contributed by atoms with E-state index in [1.165, 1.54) is 35.0 Å². The summed E-state index contributed by atoms with van der Waals surface area (Å²) in [5.74, 6) is -0.988. The summed E-state index contributed by atoms with van der Waals surface area (Å²) in [5, 5.41) is 4.03. The summed E-state index contributed by atoms with van der Waals surface area (Å²) < 4.78 is 46.6. The summed E-state index contributed by atoms with van der Waals surface area (Å²) in [6.45, 7) is 1.89. The summed E-state index contributed by atoms with van der Waals surface area (Å²) in [5.41, 5.74) is 1.71. The third-order valence-electron chi connectivity index (χ3n) is 3.27. The van der Waals surface area contributed by atoms with Crippen molar-refractivity contribution in [3.8, 4) is 5.75 Å². The van der Waals surface area contributed by atoms with E-state index in [-0.39, 0.29) is 18.2 Å². The number of hydrogen-bond acceptors (Lipinski definition) is 6. The van der Waals surface area contributed by atoms with Crippen molar-refractivity contribution in [3.05, 3.63) is 53.7 Å². The minimum atomic E-state index is -4.72. The molecule has 3 aromatic rings. The molecule has 0 spiro atoms. The molecule has 0 saturated heterocycles. The fourth-order valence-electron chi connectivity index (χ4n) is 2.23. The van der Waals surface area contributed by atoms with Crippen LogP contribution in [0.25, 0.3) is 5.65 Å². The summed E-state index contributed by atoms with van der Waals surface area (Å²) in [4.78, 5) is 19.9. The van der Waals surface area contributed by atoms with Crippen LogP contribution >= 0.6 is 0 Å². The summed E-state index contributed by atoms with van der Waals surface area (Å²) in [7, 11) is 0. The van der Waals surface area contributed by atoms with Crippen molar-refractivity contribution in [2.24, 2.45) is 0 Å². The number of rotatable bonds is 5. The van der Waals surface area contributed by atoms with Crippen LogP contribution in [0.1, 0.15) is 28.8 Å². The minimum absolute atomic E-state index is 0.0700. The Balaban J connectivity index is 1.75. The number of benzene rings is 1. The van der Waals surface area contributed by atoms with E-state index in [1.54, 1.807) is 13.1 Å². The average molecular weight is 366 g/mol. The number of nitrogens with zero attached hydrogens (tertiary/aromatic N) is 4. The molecule has 2 aromatic heterocycles. The molecular weight excluding hydrogens is 353 g/mol. The fourth-order valence-corrected chi connectivity index (χ4v) is 2.23. The van der Waals surface area contributed by atoms with Crippen LogP contribution in [0.15, 0.2) is 36.7 Å². The van der Waals surface area contributed by atoms with Crippen LogP contribution in [0.2, 0.25) is 0 Å². The topological polar surface area (TPSA) is 78.6 Å². The Morgan fingerprint density at radius 2 is 1.96 bits per heavy atom. The van der Waals surface area contributed by atoms with E-state index >= 15 is 0 Å². The number of esters is 1. The Morgan fingerprint density at radius 3 is 2.62 bits per heavy atom. The SMILES string of the molecule is CCOC(=O)c1nc2cnc(Cc3ccc(OC(F)(F)F)cc3)cn2n1. The van der Waals surface area contributed by atoms with Gasteiger partial charge in [-0.1, -0.05) is 12.1 Å². The number of fused-ring (bicyclic) bond motifs is 1. The lowest BCUT2D eigenvalue weighted by molar-refractivity contribution is -0.274. The smallest absolute Gasteiger partial charge is 0.460 e. The van der Waals surface area contributed by atoms with Crippen LogP contribution < -0.4 is 4.74 Å². The van der Waals surface area contributed by atoms with Crippen molar-refractivity contribution < 1.29 is 27.4 Å². The van der Waals surface area contributed by atoms with Crippen LogP contribution in [0, 0.1) is 0 Å². The molecule has 136 valence electrons. The van der Waals surface area contributed by atoms with E-state index in [9.17, 15) is 18.0 Å². The van der Waals surface area contributed by atoms with E-state index in [4.69, 9.17) is 4.74 Å². The standard InChI is InChI=1S/C16H13F3N4O3/c1-2-25-15(24)14-21-13-8-20-11(9-23(13)22-14)7-10-3-5-12(6-4-10)26-16(17,18)19/h3-6,8-9H,2,7H2,1H3. The zero-order chi connectivity index (χ0) is 18.7. The van der Waals surface area contributed by atoms with Gasteiger partial charge >= 0.3 is 12.3 Å². The lowest BCUT2D eigenvalue weighted by Crippen LogP contribution is -2.17. The molecular formula is C16H13F3N4O3. The highest BCUT2D eigenvalue weighted by Crippen LogP contribution is 2.23. The van der Waals surface area contributed by atoms with E-state index in [0.717, 1.165) is 5.56 Å². The molecule has 0 aliphatic rings. The van der Waals surface area contributed by atoms with Gasteiger partial charge in [-0.2, -0.15) is 4.98 Å². The largest absolute Gasteiger partial charge is 0.573 e. The van der Waals surface area contributed by atoms with Gasteiger partial charge in [0.15, 0.2) is 5.65 Å². The van der Waals surface area contributed by atoms with Crippen LogP contribution in [-0.4, -0.2) is 38.5 Å². The minimum Gasteiger partial charge on any atom is -0.460 e. The molecule has 0 aliphatic heterocycles. The third-order valence-corrected chi connectivity index (χ3v) is 3.27. The van der Waals surface area contributed by atoms with Gasteiger partial charge in [0.2, 0.25) is 0 Å². The number of alkyl halides is 3. The summed E-state index contributed by atoms with van der Waals surface area (Å²) in [6.07, 6.45) is -1.33. The zero-order valence-electron chi connectivity index (χ0n) is 13.5. The number of hydrogen-bond donors (Lipinski definition) is 0. The molecule has 3 rings (SSSR count). The van der Waals surface area contributed by atoms with E-state index in [2.05, 4.69) is 19.8 Å². The van der Waals surface area contributed by atoms with Gasteiger partial charge in [0, 0.05) is 6.42 Å². The van der Waals surface area contributed by atoms with E-state index in [0.29, 0.717) is 17.8 Å². The second-order valence-electron chi connectivity index (χ2n) is 5.21. The maximum Gasteiger partial charge on any atom is 0.573 e. The van der Waals surface area contributed by atoms with Crippen LogP contribution in [0.3, 0.4) is 0 Å². The molecule has 0 aliphatic carbocycles. The van der Waals surface area contributed by atoms with Crippen molar-refractivity contribution in [2.45, 2.75) is 19.7 Å². The first-order chi connectivity index (χ1) is 12.3. The van der Waals surface area contributed by atoms with Crippen molar-refractivity contribution in [3.63, 3.8) is 0 Å². The van der Waals surface area contributed by atoms with Crippen LogP contribution in [0.5, 0.6) is 5.75 Å². The highest BCUT2D eigenvalue weighted by Gasteiger charge is 2.30. The molecule has 10 heteroatoms. The zero-order valence-corrected chi connectivity index (χ0v) is 13.5.